The van der Waals surface area contributed by atoms with Gasteiger partial charge in [-0.15, -0.1) is 11.3 Å². The standard InChI is InChI=1S/C16H26N2OS/c1-3-16(4-2)8-10-18(11-9-16)15-17-14-12(19)6-5-7-13(14)20-15/h12,19H,3-11H2,1-2H3. The number of rotatable bonds is 3. The van der Waals surface area contributed by atoms with Crippen LogP contribution in [-0.4, -0.2) is 23.2 Å². The molecule has 2 aliphatic rings. The van der Waals surface area contributed by atoms with E-state index in [9.17, 15) is 5.11 Å². The molecule has 0 radical (unpaired) electrons. The predicted molar refractivity (Wildman–Crippen MR) is 84.5 cm³/mol. The molecule has 112 valence electrons. The van der Waals surface area contributed by atoms with Gasteiger partial charge in [0, 0.05) is 18.0 Å². The summed E-state index contributed by atoms with van der Waals surface area (Å²) >= 11 is 1.82. The van der Waals surface area contributed by atoms with E-state index in [1.807, 2.05) is 11.3 Å². The predicted octanol–water partition coefficient (Wildman–Crippen LogP) is 3.92. The highest BCUT2D eigenvalue weighted by molar-refractivity contribution is 7.15. The molecule has 1 aliphatic heterocycles. The maximum Gasteiger partial charge on any atom is 0.185 e. The SMILES string of the molecule is CCC1(CC)CCN(c2nc3c(s2)CCCC3O)CC1. The molecule has 1 saturated heterocycles. The fourth-order valence-corrected chi connectivity index (χ4v) is 4.86. The molecule has 0 spiro atoms. The molecule has 2 heterocycles. The van der Waals surface area contributed by atoms with Gasteiger partial charge in [0.2, 0.25) is 0 Å². The van der Waals surface area contributed by atoms with Crippen LogP contribution in [0.25, 0.3) is 0 Å². The molecule has 1 unspecified atom stereocenters. The van der Waals surface area contributed by atoms with E-state index in [4.69, 9.17) is 4.98 Å². The van der Waals surface area contributed by atoms with Gasteiger partial charge in [0.1, 0.15) is 0 Å². The van der Waals surface area contributed by atoms with Crippen LogP contribution in [0.2, 0.25) is 0 Å². The smallest absolute Gasteiger partial charge is 0.185 e. The molecule has 0 aromatic carbocycles. The van der Waals surface area contributed by atoms with Gasteiger partial charge < -0.3 is 10.0 Å². The number of piperidine rings is 1. The Bertz CT molecular complexity index is 457. The Labute approximate surface area is 126 Å². The lowest BCUT2D eigenvalue weighted by Crippen LogP contribution is -2.39. The van der Waals surface area contributed by atoms with Crippen LogP contribution in [-0.2, 0) is 6.42 Å². The quantitative estimate of drug-likeness (QED) is 0.918. The third kappa shape index (κ3) is 2.48. The summed E-state index contributed by atoms with van der Waals surface area (Å²) in [4.78, 5) is 8.51. The summed E-state index contributed by atoms with van der Waals surface area (Å²) < 4.78 is 0. The molecule has 1 aromatic rings. The van der Waals surface area contributed by atoms with E-state index in [0.29, 0.717) is 5.41 Å². The van der Waals surface area contributed by atoms with Crippen molar-refractivity contribution >= 4 is 16.5 Å². The minimum absolute atomic E-state index is 0.320. The molecule has 0 saturated carbocycles. The fourth-order valence-electron chi connectivity index (χ4n) is 3.65. The van der Waals surface area contributed by atoms with Crippen LogP contribution in [0.4, 0.5) is 5.13 Å². The molecule has 0 amide bonds. The Kier molecular flexibility index (Phi) is 4.04. The zero-order chi connectivity index (χ0) is 14.2. The van der Waals surface area contributed by atoms with Crippen molar-refractivity contribution in [1.29, 1.82) is 0 Å². The van der Waals surface area contributed by atoms with E-state index >= 15 is 0 Å². The van der Waals surface area contributed by atoms with Crippen LogP contribution in [0.1, 0.15) is 69.0 Å². The second-order valence-electron chi connectivity index (χ2n) is 6.41. The molecular weight excluding hydrogens is 268 g/mol. The van der Waals surface area contributed by atoms with Crippen molar-refractivity contribution in [2.75, 3.05) is 18.0 Å². The molecular formula is C16H26N2OS. The minimum Gasteiger partial charge on any atom is -0.387 e. The van der Waals surface area contributed by atoms with Gasteiger partial charge in [0.15, 0.2) is 5.13 Å². The molecule has 3 rings (SSSR count). The first-order valence-electron chi connectivity index (χ1n) is 8.10. The van der Waals surface area contributed by atoms with Gasteiger partial charge >= 0.3 is 0 Å². The van der Waals surface area contributed by atoms with E-state index < -0.39 is 0 Å². The summed E-state index contributed by atoms with van der Waals surface area (Å²) in [7, 11) is 0. The monoisotopic (exact) mass is 294 g/mol. The highest BCUT2D eigenvalue weighted by Gasteiger charge is 2.33. The lowest BCUT2D eigenvalue weighted by molar-refractivity contribution is 0.153. The normalized spacial score (nSPS) is 25.6. The number of hydrogen-bond acceptors (Lipinski definition) is 4. The first kappa shape index (κ1) is 14.3. The second-order valence-corrected chi connectivity index (χ2v) is 7.47. The maximum absolute atomic E-state index is 10.1. The molecule has 1 N–H and O–H groups in total. The average Bonchev–Trinajstić information content (AvgIpc) is 2.93. The number of hydrogen-bond donors (Lipinski definition) is 1. The van der Waals surface area contributed by atoms with Crippen molar-refractivity contribution in [3.63, 3.8) is 0 Å². The summed E-state index contributed by atoms with van der Waals surface area (Å²) in [5, 5.41) is 11.2. The lowest BCUT2D eigenvalue weighted by atomic mass is 9.74. The average molecular weight is 294 g/mol. The molecule has 0 bridgehead atoms. The minimum atomic E-state index is -0.320. The molecule has 3 nitrogen and oxygen atoms in total. The van der Waals surface area contributed by atoms with Gasteiger partial charge in [-0.1, -0.05) is 26.7 Å². The van der Waals surface area contributed by atoms with Crippen molar-refractivity contribution in [2.24, 2.45) is 5.41 Å². The van der Waals surface area contributed by atoms with E-state index in [2.05, 4.69) is 18.7 Å². The zero-order valence-electron chi connectivity index (χ0n) is 12.7. The first-order chi connectivity index (χ1) is 9.67. The number of fused-ring (bicyclic) bond motifs is 1. The largest absolute Gasteiger partial charge is 0.387 e. The van der Waals surface area contributed by atoms with E-state index in [1.165, 1.54) is 30.6 Å². The first-order valence-corrected chi connectivity index (χ1v) is 8.92. The molecule has 20 heavy (non-hydrogen) atoms. The third-order valence-electron chi connectivity index (χ3n) is 5.51. The second kappa shape index (κ2) is 5.64. The zero-order valence-corrected chi connectivity index (χ0v) is 13.5. The Hall–Kier alpha value is -0.610. The summed E-state index contributed by atoms with van der Waals surface area (Å²) in [5.41, 5.74) is 1.53. The van der Waals surface area contributed by atoms with Crippen LogP contribution < -0.4 is 4.90 Å². The summed E-state index contributed by atoms with van der Waals surface area (Å²) in [6.45, 7) is 6.92. The van der Waals surface area contributed by atoms with E-state index in [0.717, 1.165) is 43.2 Å². The Balaban J connectivity index is 1.72. The molecule has 1 aromatic heterocycles. The van der Waals surface area contributed by atoms with Gasteiger partial charge in [-0.25, -0.2) is 4.98 Å². The number of aliphatic hydroxyl groups excluding tert-OH is 1. The van der Waals surface area contributed by atoms with Crippen molar-refractivity contribution in [1.82, 2.24) is 4.98 Å². The van der Waals surface area contributed by atoms with Crippen LogP contribution in [0.3, 0.4) is 0 Å². The van der Waals surface area contributed by atoms with Gasteiger partial charge in [-0.05, 0) is 37.5 Å². The number of anilines is 1. The van der Waals surface area contributed by atoms with Crippen LogP contribution in [0.15, 0.2) is 0 Å². The Morgan fingerprint density at radius 1 is 1.30 bits per heavy atom. The van der Waals surface area contributed by atoms with E-state index in [1.54, 1.807) is 0 Å². The lowest BCUT2D eigenvalue weighted by Gasteiger charge is -2.41. The van der Waals surface area contributed by atoms with Gasteiger partial charge in [0.25, 0.3) is 0 Å². The number of nitrogens with zero attached hydrogens (tertiary/aromatic N) is 2. The van der Waals surface area contributed by atoms with Gasteiger partial charge in [-0.2, -0.15) is 0 Å². The van der Waals surface area contributed by atoms with Crippen LogP contribution in [0, 0.1) is 5.41 Å². The molecule has 4 heteroatoms. The highest BCUT2D eigenvalue weighted by atomic mass is 32.1. The van der Waals surface area contributed by atoms with Gasteiger partial charge in [0.05, 0.1) is 11.8 Å². The maximum atomic E-state index is 10.1. The molecule has 1 aliphatic carbocycles. The number of aliphatic hydroxyl groups is 1. The Morgan fingerprint density at radius 2 is 2.00 bits per heavy atom. The van der Waals surface area contributed by atoms with Crippen molar-refractivity contribution in [3.8, 4) is 0 Å². The summed E-state index contributed by atoms with van der Waals surface area (Å²) in [5.74, 6) is 0. The highest BCUT2D eigenvalue weighted by Crippen LogP contribution is 2.42. The summed E-state index contributed by atoms with van der Waals surface area (Å²) in [6.07, 6.45) is 7.93. The van der Waals surface area contributed by atoms with Crippen LogP contribution >= 0.6 is 11.3 Å². The van der Waals surface area contributed by atoms with Crippen molar-refractivity contribution in [2.45, 2.75) is 64.9 Å². The van der Waals surface area contributed by atoms with Crippen molar-refractivity contribution < 1.29 is 5.11 Å². The molecule has 1 fully saturated rings. The summed E-state index contributed by atoms with van der Waals surface area (Å²) in [6, 6.07) is 0. The van der Waals surface area contributed by atoms with Crippen molar-refractivity contribution in [3.05, 3.63) is 10.6 Å². The number of aryl methyl sites for hydroxylation is 1. The third-order valence-corrected chi connectivity index (χ3v) is 6.70. The number of aromatic nitrogens is 1. The Morgan fingerprint density at radius 3 is 2.60 bits per heavy atom. The van der Waals surface area contributed by atoms with Gasteiger partial charge in [-0.3, -0.25) is 0 Å². The fraction of sp³-hybridized carbons (Fsp3) is 0.812. The number of thiazole rings is 1. The van der Waals surface area contributed by atoms with Crippen LogP contribution in [0.5, 0.6) is 0 Å². The molecule has 1 atom stereocenters. The van der Waals surface area contributed by atoms with E-state index in [-0.39, 0.29) is 6.10 Å². The topological polar surface area (TPSA) is 36.4 Å².